The maximum atomic E-state index is 11.9. The van der Waals surface area contributed by atoms with Crippen molar-refractivity contribution < 1.29 is 19.1 Å². The maximum Gasteiger partial charge on any atom is 0.347 e. The van der Waals surface area contributed by atoms with E-state index >= 15 is 0 Å². The van der Waals surface area contributed by atoms with Crippen LogP contribution in [0.15, 0.2) is 30.3 Å². The Hall–Kier alpha value is -2.04. The Balaban J connectivity index is 2.47. The Kier molecular flexibility index (Phi) is 6.21. The van der Waals surface area contributed by atoms with Gasteiger partial charge in [0.15, 0.2) is 12.7 Å². The number of amides is 1. The molecule has 0 heterocycles. The van der Waals surface area contributed by atoms with Crippen molar-refractivity contribution in [3.05, 3.63) is 30.3 Å². The Morgan fingerprint density at radius 2 is 1.81 bits per heavy atom. The molecule has 1 rings (SSSR count). The lowest BCUT2D eigenvalue weighted by Crippen LogP contribution is -2.43. The lowest BCUT2D eigenvalue weighted by molar-refractivity contribution is -0.155. The minimum absolute atomic E-state index is 0.301. The van der Waals surface area contributed by atoms with Crippen LogP contribution in [0.4, 0.5) is 0 Å². The number of carbonyl (C=O) groups is 2. The van der Waals surface area contributed by atoms with Crippen LogP contribution in [0.2, 0.25) is 0 Å². The average Bonchev–Trinajstić information content (AvgIpc) is 2.41. The summed E-state index contributed by atoms with van der Waals surface area (Å²) >= 11 is 0. The number of rotatable bonds is 6. The maximum absolute atomic E-state index is 11.9. The summed E-state index contributed by atoms with van der Waals surface area (Å²) in [6.45, 7) is 7.11. The molecule has 0 aliphatic rings. The predicted molar refractivity (Wildman–Crippen MR) is 80.0 cm³/mol. The van der Waals surface area contributed by atoms with Gasteiger partial charge in [0, 0.05) is 5.54 Å². The third-order valence-electron chi connectivity index (χ3n) is 2.52. The van der Waals surface area contributed by atoms with Crippen molar-refractivity contribution in [3.8, 4) is 5.75 Å². The van der Waals surface area contributed by atoms with E-state index in [-0.39, 0.29) is 18.1 Å². The largest absolute Gasteiger partial charge is 0.479 e. The van der Waals surface area contributed by atoms with Gasteiger partial charge >= 0.3 is 5.97 Å². The first-order chi connectivity index (χ1) is 9.81. The van der Waals surface area contributed by atoms with E-state index in [4.69, 9.17) is 9.47 Å². The lowest BCUT2D eigenvalue weighted by Gasteiger charge is -2.21. The molecule has 0 aromatic heterocycles. The second-order valence-electron chi connectivity index (χ2n) is 5.73. The molecule has 21 heavy (non-hydrogen) atoms. The van der Waals surface area contributed by atoms with Gasteiger partial charge in [0.1, 0.15) is 5.75 Å². The Morgan fingerprint density at radius 1 is 1.19 bits per heavy atom. The summed E-state index contributed by atoms with van der Waals surface area (Å²) in [4.78, 5) is 23.5. The first-order valence-electron chi connectivity index (χ1n) is 7.01. The van der Waals surface area contributed by atoms with Crippen LogP contribution in [0.1, 0.15) is 34.1 Å². The van der Waals surface area contributed by atoms with Gasteiger partial charge in [-0.25, -0.2) is 4.79 Å². The molecule has 5 nitrogen and oxygen atoms in total. The number of hydrogen-bond donors (Lipinski definition) is 1. The highest BCUT2D eigenvalue weighted by Crippen LogP contribution is 2.13. The fraction of sp³-hybridized carbons (Fsp3) is 0.500. The van der Waals surface area contributed by atoms with E-state index in [0.717, 1.165) is 0 Å². The molecular formula is C16H23NO4. The fourth-order valence-electron chi connectivity index (χ4n) is 1.65. The van der Waals surface area contributed by atoms with Crippen LogP contribution in [0.3, 0.4) is 0 Å². The van der Waals surface area contributed by atoms with Gasteiger partial charge < -0.3 is 14.8 Å². The zero-order valence-corrected chi connectivity index (χ0v) is 13.0. The van der Waals surface area contributed by atoms with Gasteiger partial charge in [0.05, 0.1) is 0 Å². The molecule has 0 unspecified atom stereocenters. The molecule has 0 spiro atoms. The molecule has 1 amide bonds. The normalized spacial score (nSPS) is 12.4. The SMILES string of the molecule is CC[C@H](Oc1ccccc1)C(=O)OCC(=O)NC(C)(C)C. The molecule has 0 radical (unpaired) electrons. The van der Waals surface area contributed by atoms with Crippen LogP contribution in [-0.4, -0.2) is 30.1 Å². The highest BCUT2D eigenvalue weighted by atomic mass is 16.6. The molecule has 0 aliphatic carbocycles. The highest BCUT2D eigenvalue weighted by molar-refractivity contribution is 5.82. The van der Waals surface area contributed by atoms with Crippen molar-refractivity contribution >= 4 is 11.9 Å². The minimum Gasteiger partial charge on any atom is -0.479 e. The number of hydrogen-bond acceptors (Lipinski definition) is 4. The van der Waals surface area contributed by atoms with Crippen LogP contribution >= 0.6 is 0 Å². The van der Waals surface area contributed by atoms with E-state index in [9.17, 15) is 9.59 Å². The van der Waals surface area contributed by atoms with Crippen molar-refractivity contribution in [2.75, 3.05) is 6.61 Å². The monoisotopic (exact) mass is 293 g/mol. The summed E-state index contributed by atoms with van der Waals surface area (Å²) in [5.41, 5.74) is -0.353. The van der Waals surface area contributed by atoms with Gasteiger partial charge in [0.25, 0.3) is 5.91 Å². The zero-order valence-electron chi connectivity index (χ0n) is 13.0. The molecule has 1 N–H and O–H groups in total. The van der Waals surface area contributed by atoms with Gasteiger partial charge in [-0.15, -0.1) is 0 Å². The summed E-state index contributed by atoms with van der Waals surface area (Å²) in [6, 6.07) is 9.04. The summed E-state index contributed by atoms with van der Waals surface area (Å²) in [6.07, 6.45) is -0.246. The first kappa shape index (κ1) is 17.0. The smallest absolute Gasteiger partial charge is 0.347 e. The summed E-state index contributed by atoms with van der Waals surface area (Å²) in [5, 5.41) is 2.72. The van der Waals surface area contributed by atoms with Crippen molar-refractivity contribution in [1.82, 2.24) is 5.32 Å². The highest BCUT2D eigenvalue weighted by Gasteiger charge is 2.22. The van der Waals surface area contributed by atoms with Gasteiger partial charge in [-0.05, 0) is 39.3 Å². The number of nitrogens with one attached hydrogen (secondary N) is 1. The van der Waals surface area contributed by atoms with Crippen LogP contribution < -0.4 is 10.1 Å². The van der Waals surface area contributed by atoms with Gasteiger partial charge in [-0.2, -0.15) is 0 Å². The molecule has 1 aromatic carbocycles. The second kappa shape index (κ2) is 7.67. The minimum atomic E-state index is -0.713. The molecule has 1 atom stereocenters. The number of esters is 1. The van der Waals surface area contributed by atoms with Crippen molar-refractivity contribution in [2.24, 2.45) is 0 Å². The summed E-state index contributed by atoms with van der Waals surface area (Å²) in [7, 11) is 0. The quantitative estimate of drug-likeness (QED) is 0.817. The number of carbonyl (C=O) groups excluding carboxylic acids is 2. The molecule has 0 saturated carbocycles. The average molecular weight is 293 g/mol. The number of ether oxygens (including phenoxy) is 2. The van der Waals surface area contributed by atoms with E-state index in [1.807, 2.05) is 45.9 Å². The van der Waals surface area contributed by atoms with Crippen molar-refractivity contribution in [3.63, 3.8) is 0 Å². The molecular weight excluding hydrogens is 270 g/mol. The Labute approximate surface area is 125 Å². The van der Waals surface area contributed by atoms with E-state index < -0.39 is 12.1 Å². The van der Waals surface area contributed by atoms with Gasteiger partial charge in [-0.1, -0.05) is 25.1 Å². The molecule has 0 bridgehead atoms. The van der Waals surface area contributed by atoms with Crippen molar-refractivity contribution in [1.29, 1.82) is 0 Å². The topological polar surface area (TPSA) is 64.6 Å². The van der Waals surface area contributed by atoms with Crippen LogP contribution in [0.5, 0.6) is 5.75 Å². The second-order valence-corrected chi connectivity index (χ2v) is 5.73. The summed E-state index contributed by atoms with van der Waals surface area (Å²) in [5.74, 6) is -0.267. The Morgan fingerprint density at radius 3 is 2.33 bits per heavy atom. The Bertz CT molecular complexity index is 465. The molecule has 0 fully saturated rings. The van der Waals surface area contributed by atoms with Gasteiger partial charge in [0.2, 0.25) is 0 Å². The number of benzene rings is 1. The van der Waals surface area contributed by atoms with E-state index in [0.29, 0.717) is 12.2 Å². The van der Waals surface area contributed by atoms with Crippen LogP contribution in [0.25, 0.3) is 0 Å². The summed E-state index contributed by atoms with van der Waals surface area (Å²) < 4.78 is 10.6. The standard InChI is InChI=1S/C16H23NO4/c1-5-13(21-12-9-7-6-8-10-12)15(19)20-11-14(18)17-16(2,3)4/h6-10,13H,5,11H2,1-4H3,(H,17,18)/t13-/m0/s1. The zero-order chi connectivity index (χ0) is 15.9. The molecule has 5 heteroatoms. The van der Waals surface area contributed by atoms with Gasteiger partial charge in [-0.3, -0.25) is 4.79 Å². The van der Waals surface area contributed by atoms with E-state index in [1.165, 1.54) is 0 Å². The predicted octanol–water partition coefficient (Wildman–Crippen LogP) is 2.30. The first-order valence-corrected chi connectivity index (χ1v) is 7.01. The lowest BCUT2D eigenvalue weighted by atomic mass is 10.1. The molecule has 116 valence electrons. The van der Waals surface area contributed by atoms with E-state index in [2.05, 4.69) is 5.32 Å². The molecule has 0 saturated heterocycles. The van der Waals surface area contributed by atoms with E-state index in [1.54, 1.807) is 12.1 Å². The fourth-order valence-corrected chi connectivity index (χ4v) is 1.65. The number of para-hydroxylation sites is 1. The molecule has 0 aliphatic heterocycles. The third-order valence-corrected chi connectivity index (χ3v) is 2.52. The molecule has 1 aromatic rings. The van der Waals surface area contributed by atoms with Crippen molar-refractivity contribution in [2.45, 2.75) is 45.8 Å². The van der Waals surface area contributed by atoms with Crippen LogP contribution in [-0.2, 0) is 14.3 Å². The van der Waals surface area contributed by atoms with Crippen LogP contribution in [0, 0.1) is 0 Å². The third kappa shape index (κ3) is 6.79.